The van der Waals surface area contributed by atoms with Crippen LogP contribution in [0.4, 0.5) is 0 Å². The lowest BCUT2D eigenvalue weighted by Crippen LogP contribution is -2.47. The second-order valence-electron chi connectivity index (χ2n) is 4.99. The topological polar surface area (TPSA) is 55.1 Å². The molecule has 0 saturated carbocycles. The van der Waals surface area contributed by atoms with Crippen molar-refractivity contribution in [2.24, 2.45) is 11.7 Å². The summed E-state index contributed by atoms with van der Waals surface area (Å²) in [7, 11) is 0. The number of hydrogen-bond acceptors (Lipinski definition) is 2. The minimum atomic E-state index is -0.224. The van der Waals surface area contributed by atoms with Crippen LogP contribution in [0.2, 0.25) is 0 Å². The number of piperidine rings is 1. The van der Waals surface area contributed by atoms with Gasteiger partial charge < -0.3 is 11.1 Å². The number of aryl methyl sites for hydroxylation is 1. The Kier molecular flexibility index (Phi) is 3.79. The Morgan fingerprint density at radius 1 is 1.41 bits per heavy atom. The maximum Gasteiger partial charge on any atom is 0.234 e. The Balaban J connectivity index is 1.94. The maximum atomic E-state index is 11.2. The van der Waals surface area contributed by atoms with Crippen LogP contribution < -0.4 is 11.1 Å². The van der Waals surface area contributed by atoms with Crippen LogP contribution in [0.25, 0.3) is 0 Å². The highest BCUT2D eigenvalue weighted by molar-refractivity contribution is 5.79. The van der Waals surface area contributed by atoms with Crippen molar-refractivity contribution in [1.82, 2.24) is 5.32 Å². The fraction of sp³-hybridized carbons (Fsp3) is 0.500. The van der Waals surface area contributed by atoms with Crippen LogP contribution >= 0.6 is 0 Å². The molecule has 1 saturated heterocycles. The van der Waals surface area contributed by atoms with Gasteiger partial charge in [-0.1, -0.05) is 29.8 Å². The molecule has 3 N–H and O–H groups in total. The van der Waals surface area contributed by atoms with E-state index < -0.39 is 0 Å². The van der Waals surface area contributed by atoms with Crippen molar-refractivity contribution in [1.29, 1.82) is 0 Å². The summed E-state index contributed by atoms with van der Waals surface area (Å²) < 4.78 is 0. The molecular formula is C14H20N2O. The average Bonchev–Trinajstić information content (AvgIpc) is 2.32. The molecule has 1 amide bonds. The zero-order valence-corrected chi connectivity index (χ0v) is 10.3. The van der Waals surface area contributed by atoms with Crippen LogP contribution in [0, 0.1) is 12.8 Å². The van der Waals surface area contributed by atoms with E-state index in [1.54, 1.807) is 0 Å². The van der Waals surface area contributed by atoms with Crippen LogP contribution in [0.3, 0.4) is 0 Å². The van der Waals surface area contributed by atoms with E-state index in [0.717, 1.165) is 25.8 Å². The molecule has 17 heavy (non-hydrogen) atoms. The van der Waals surface area contributed by atoms with Gasteiger partial charge in [-0.15, -0.1) is 0 Å². The van der Waals surface area contributed by atoms with Gasteiger partial charge in [-0.25, -0.2) is 0 Å². The SMILES string of the molecule is Cc1ccc(CC2CCNC(C(N)=O)C2)cc1. The highest BCUT2D eigenvalue weighted by Gasteiger charge is 2.24. The van der Waals surface area contributed by atoms with Gasteiger partial charge in [-0.05, 0) is 44.2 Å². The Bertz CT molecular complexity index is 386. The van der Waals surface area contributed by atoms with Crippen molar-refractivity contribution in [3.8, 4) is 0 Å². The predicted molar refractivity (Wildman–Crippen MR) is 68.6 cm³/mol. The number of carbonyl (C=O) groups excluding carboxylic acids is 1. The summed E-state index contributed by atoms with van der Waals surface area (Å²) >= 11 is 0. The monoisotopic (exact) mass is 232 g/mol. The third-order valence-corrected chi connectivity index (χ3v) is 3.50. The molecule has 2 atom stereocenters. The Hall–Kier alpha value is -1.35. The first kappa shape index (κ1) is 12.1. The summed E-state index contributed by atoms with van der Waals surface area (Å²) in [5.74, 6) is 0.343. The van der Waals surface area contributed by atoms with Gasteiger partial charge in [0.25, 0.3) is 0 Å². The van der Waals surface area contributed by atoms with Crippen molar-refractivity contribution < 1.29 is 4.79 Å². The normalized spacial score (nSPS) is 24.5. The highest BCUT2D eigenvalue weighted by Crippen LogP contribution is 2.21. The second kappa shape index (κ2) is 5.32. The fourth-order valence-corrected chi connectivity index (χ4v) is 2.46. The third-order valence-electron chi connectivity index (χ3n) is 3.50. The number of amides is 1. The van der Waals surface area contributed by atoms with E-state index in [2.05, 4.69) is 36.5 Å². The molecule has 1 aliphatic heterocycles. The molecule has 3 nitrogen and oxygen atoms in total. The molecule has 0 bridgehead atoms. The molecule has 3 heteroatoms. The second-order valence-corrected chi connectivity index (χ2v) is 4.99. The Labute approximate surface area is 102 Å². The number of carbonyl (C=O) groups is 1. The van der Waals surface area contributed by atoms with Crippen molar-refractivity contribution in [3.63, 3.8) is 0 Å². The van der Waals surface area contributed by atoms with Gasteiger partial charge in [-0.2, -0.15) is 0 Å². The molecule has 1 heterocycles. The highest BCUT2D eigenvalue weighted by atomic mass is 16.1. The molecular weight excluding hydrogens is 212 g/mol. The van der Waals surface area contributed by atoms with Gasteiger partial charge >= 0.3 is 0 Å². The van der Waals surface area contributed by atoms with Crippen LogP contribution in [-0.2, 0) is 11.2 Å². The van der Waals surface area contributed by atoms with Crippen molar-refractivity contribution in [2.45, 2.75) is 32.2 Å². The molecule has 0 aromatic heterocycles. The van der Waals surface area contributed by atoms with Crippen molar-refractivity contribution >= 4 is 5.91 Å². The number of benzene rings is 1. The van der Waals surface area contributed by atoms with Gasteiger partial charge in [0.15, 0.2) is 0 Å². The van der Waals surface area contributed by atoms with Crippen LogP contribution in [0.15, 0.2) is 24.3 Å². The van der Waals surface area contributed by atoms with Gasteiger partial charge in [0, 0.05) is 0 Å². The molecule has 0 aliphatic carbocycles. The molecule has 1 fully saturated rings. The lowest BCUT2D eigenvalue weighted by Gasteiger charge is -2.28. The number of primary amides is 1. The van der Waals surface area contributed by atoms with E-state index in [9.17, 15) is 4.79 Å². The lowest BCUT2D eigenvalue weighted by atomic mass is 9.87. The van der Waals surface area contributed by atoms with E-state index >= 15 is 0 Å². The first-order chi connectivity index (χ1) is 8.15. The van der Waals surface area contributed by atoms with Crippen LogP contribution in [-0.4, -0.2) is 18.5 Å². The van der Waals surface area contributed by atoms with E-state index in [-0.39, 0.29) is 11.9 Å². The van der Waals surface area contributed by atoms with E-state index in [1.165, 1.54) is 11.1 Å². The Morgan fingerprint density at radius 2 is 2.12 bits per heavy atom. The zero-order chi connectivity index (χ0) is 12.3. The largest absolute Gasteiger partial charge is 0.368 e. The molecule has 1 aromatic rings. The molecule has 1 aromatic carbocycles. The summed E-state index contributed by atoms with van der Waals surface area (Å²) in [6.45, 7) is 2.99. The van der Waals surface area contributed by atoms with E-state index in [1.807, 2.05) is 0 Å². The molecule has 0 spiro atoms. The number of nitrogens with one attached hydrogen (secondary N) is 1. The summed E-state index contributed by atoms with van der Waals surface area (Å²) in [4.78, 5) is 11.2. The van der Waals surface area contributed by atoms with Gasteiger partial charge in [0.05, 0.1) is 6.04 Å². The fourth-order valence-electron chi connectivity index (χ4n) is 2.46. The number of nitrogens with two attached hydrogens (primary N) is 1. The maximum absolute atomic E-state index is 11.2. The quantitative estimate of drug-likeness (QED) is 0.827. The molecule has 0 radical (unpaired) electrons. The summed E-state index contributed by atoms with van der Waals surface area (Å²) in [5.41, 5.74) is 7.98. The standard InChI is InChI=1S/C14H20N2O/c1-10-2-4-11(5-3-10)8-12-6-7-16-13(9-12)14(15)17/h2-5,12-13,16H,6-9H2,1H3,(H2,15,17). The average molecular weight is 232 g/mol. The summed E-state index contributed by atoms with van der Waals surface area (Å²) in [5, 5.41) is 3.17. The first-order valence-corrected chi connectivity index (χ1v) is 6.23. The van der Waals surface area contributed by atoms with Crippen molar-refractivity contribution in [3.05, 3.63) is 35.4 Å². The van der Waals surface area contributed by atoms with Gasteiger partial charge in [-0.3, -0.25) is 4.79 Å². The Morgan fingerprint density at radius 3 is 2.76 bits per heavy atom. The smallest absolute Gasteiger partial charge is 0.234 e. The first-order valence-electron chi connectivity index (χ1n) is 6.23. The van der Waals surface area contributed by atoms with Gasteiger partial charge in [0.1, 0.15) is 0 Å². The van der Waals surface area contributed by atoms with Gasteiger partial charge in [0.2, 0.25) is 5.91 Å². The molecule has 1 aliphatic rings. The lowest BCUT2D eigenvalue weighted by molar-refractivity contribution is -0.120. The third kappa shape index (κ3) is 3.30. The zero-order valence-electron chi connectivity index (χ0n) is 10.3. The molecule has 2 unspecified atom stereocenters. The predicted octanol–water partition coefficient (Wildman–Crippen LogP) is 1.39. The van der Waals surface area contributed by atoms with Crippen LogP contribution in [0.1, 0.15) is 24.0 Å². The minimum Gasteiger partial charge on any atom is -0.368 e. The minimum absolute atomic E-state index is 0.140. The molecule has 2 rings (SSSR count). The molecule has 92 valence electrons. The van der Waals surface area contributed by atoms with E-state index in [4.69, 9.17) is 5.73 Å². The van der Waals surface area contributed by atoms with Crippen molar-refractivity contribution in [2.75, 3.05) is 6.54 Å². The number of rotatable bonds is 3. The summed E-state index contributed by atoms with van der Waals surface area (Å²) in [6.07, 6.45) is 3.03. The van der Waals surface area contributed by atoms with E-state index in [0.29, 0.717) is 5.92 Å². The number of hydrogen-bond donors (Lipinski definition) is 2. The van der Waals surface area contributed by atoms with Crippen LogP contribution in [0.5, 0.6) is 0 Å². The summed E-state index contributed by atoms with van der Waals surface area (Å²) in [6, 6.07) is 8.50.